The topological polar surface area (TPSA) is 45.4 Å². The lowest BCUT2D eigenvalue weighted by atomic mass is 10.1. The fourth-order valence-electron chi connectivity index (χ4n) is 2.26. The second kappa shape index (κ2) is 6.22. The van der Waals surface area contributed by atoms with E-state index in [4.69, 9.17) is 4.42 Å². The van der Waals surface area contributed by atoms with E-state index in [1.807, 2.05) is 24.3 Å². The Labute approximate surface area is 114 Å². The molecule has 0 spiro atoms. The summed E-state index contributed by atoms with van der Waals surface area (Å²) in [7, 11) is 0. The van der Waals surface area contributed by atoms with Gasteiger partial charge in [-0.1, -0.05) is 32.0 Å². The normalized spacial score (nSPS) is 15.0. The molecule has 0 fully saturated rings. The predicted octanol–water partition coefficient (Wildman–Crippen LogP) is 3.49. The summed E-state index contributed by atoms with van der Waals surface area (Å²) in [6.07, 6.45) is 0.520. The van der Waals surface area contributed by atoms with Gasteiger partial charge in [0.15, 0.2) is 0 Å². The average molecular weight is 261 g/mol. The first-order chi connectivity index (χ1) is 9.06. The first kappa shape index (κ1) is 14.1. The van der Waals surface area contributed by atoms with Crippen molar-refractivity contribution >= 4 is 11.0 Å². The van der Waals surface area contributed by atoms with Crippen LogP contribution in [0.3, 0.4) is 0 Å². The van der Waals surface area contributed by atoms with E-state index in [0.717, 1.165) is 23.2 Å². The number of rotatable bonds is 6. The summed E-state index contributed by atoms with van der Waals surface area (Å²) in [5, 5.41) is 14.3. The molecule has 104 valence electrons. The number of benzene rings is 1. The number of hydrogen-bond donors (Lipinski definition) is 2. The molecule has 1 heterocycles. The van der Waals surface area contributed by atoms with E-state index in [-0.39, 0.29) is 12.1 Å². The van der Waals surface area contributed by atoms with Crippen molar-refractivity contribution < 1.29 is 9.52 Å². The minimum atomic E-state index is -0.299. The zero-order chi connectivity index (χ0) is 13.8. The van der Waals surface area contributed by atoms with Crippen molar-refractivity contribution in [2.45, 2.75) is 39.3 Å². The summed E-state index contributed by atoms with van der Waals surface area (Å²) in [5.41, 5.74) is 0.911. The van der Waals surface area contributed by atoms with Gasteiger partial charge >= 0.3 is 0 Å². The highest BCUT2D eigenvalue weighted by atomic mass is 16.3. The molecule has 2 N–H and O–H groups in total. The number of nitrogens with one attached hydrogen (secondary N) is 1. The van der Waals surface area contributed by atoms with Crippen molar-refractivity contribution in [3.05, 3.63) is 36.1 Å². The summed E-state index contributed by atoms with van der Waals surface area (Å²) in [6.45, 7) is 6.88. The van der Waals surface area contributed by atoms with Crippen LogP contribution in [0.4, 0.5) is 0 Å². The van der Waals surface area contributed by atoms with E-state index in [1.54, 1.807) is 0 Å². The number of aliphatic hydroxyl groups excluding tert-OH is 1. The highest BCUT2D eigenvalue weighted by Crippen LogP contribution is 2.23. The largest absolute Gasteiger partial charge is 0.459 e. The molecule has 3 heteroatoms. The van der Waals surface area contributed by atoms with Crippen LogP contribution >= 0.6 is 0 Å². The maximum absolute atomic E-state index is 9.86. The first-order valence-corrected chi connectivity index (χ1v) is 6.96. The van der Waals surface area contributed by atoms with Crippen LogP contribution in [0.25, 0.3) is 11.0 Å². The maximum Gasteiger partial charge on any atom is 0.134 e. The minimum absolute atomic E-state index is 0.106. The van der Waals surface area contributed by atoms with Gasteiger partial charge in [-0.2, -0.15) is 0 Å². The zero-order valence-electron chi connectivity index (χ0n) is 11.9. The molecule has 0 saturated carbocycles. The van der Waals surface area contributed by atoms with Crippen molar-refractivity contribution in [3.63, 3.8) is 0 Å². The third-order valence-corrected chi connectivity index (χ3v) is 3.27. The predicted molar refractivity (Wildman–Crippen MR) is 78.1 cm³/mol. The van der Waals surface area contributed by atoms with Crippen LogP contribution in [0, 0.1) is 5.92 Å². The molecule has 19 heavy (non-hydrogen) atoms. The Morgan fingerprint density at radius 3 is 2.63 bits per heavy atom. The standard InChI is InChI=1S/C16H23NO2/c1-11(2)8-14(18)10-17-12(3)16-9-13-6-4-5-7-15(13)19-16/h4-7,9,11-12,14,17-18H,8,10H2,1-3H3. The summed E-state index contributed by atoms with van der Waals surface area (Å²) >= 11 is 0. The fraction of sp³-hybridized carbons (Fsp3) is 0.500. The number of hydrogen-bond acceptors (Lipinski definition) is 3. The van der Waals surface area contributed by atoms with Crippen LogP contribution in [-0.4, -0.2) is 17.8 Å². The molecule has 0 aliphatic carbocycles. The Hall–Kier alpha value is -1.32. The summed E-state index contributed by atoms with van der Waals surface area (Å²) in [6, 6.07) is 10.2. The van der Waals surface area contributed by atoms with Gasteiger partial charge < -0.3 is 14.8 Å². The Morgan fingerprint density at radius 1 is 1.21 bits per heavy atom. The Morgan fingerprint density at radius 2 is 1.95 bits per heavy atom. The number of para-hydroxylation sites is 1. The number of aliphatic hydroxyl groups is 1. The van der Waals surface area contributed by atoms with Crippen LogP contribution in [0.2, 0.25) is 0 Å². The smallest absolute Gasteiger partial charge is 0.134 e. The Bertz CT molecular complexity index is 485. The van der Waals surface area contributed by atoms with Gasteiger partial charge in [0.25, 0.3) is 0 Å². The lowest BCUT2D eigenvalue weighted by Gasteiger charge is -2.16. The van der Waals surface area contributed by atoms with Gasteiger partial charge in [-0.3, -0.25) is 0 Å². The lowest BCUT2D eigenvalue weighted by molar-refractivity contribution is 0.142. The maximum atomic E-state index is 9.86. The third-order valence-electron chi connectivity index (χ3n) is 3.27. The first-order valence-electron chi connectivity index (χ1n) is 6.96. The van der Waals surface area contributed by atoms with Gasteiger partial charge in [0.2, 0.25) is 0 Å². The zero-order valence-corrected chi connectivity index (χ0v) is 11.9. The Balaban J connectivity index is 1.94. The van der Waals surface area contributed by atoms with Crippen LogP contribution in [0.5, 0.6) is 0 Å². The molecule has 2 aromatic rings. The summed E-state index contributed by atoms with van der Waals surface area (Å²) in [4.78, 5) is 0. The van der Waals surface area contributed by atoms with Crippen LogP contribution in [-0.2, 0) is 0 Å². The fourth-order valence-corrected chi connectivity index (χ4v) is 2.26. The van der Waals surface area contributed by atoms with Gasteiger partial charge in [-0.25, -0.2) is 0 Å². The van der Waals surface area contributed by atoms with Crippen LogP contribution < -0.4 is 5.32 Å². The molecule has 2 unspecified atom stereocenters. The van der Waals surface area contributed by atoms with Gasteiger partial charge in [0.05, 0.1) is 12.1 Å². The van der Waals surface area contributed by atoms with Crippen molar-refractivity contribution in [2.75, 3.05) is 6.54 Å². The van der Waals surface area contributed by atoms with Crippen molar-refractivity contribution in [2.24, 2.45) is 5.92 Å². The van der Waals surface area contributed by atoms with Gasteiger partial charge in [-0.15, -0.1) is 0 Å². The number of furan rings is 1. The molecule has 1 aromatic carbocycles. The molecule has 0 aliphatic rings. The minimum Gasteiger partial charge on any atom is -0.459 e. The van der Waals surface area contributed by atoms with E-state index >= 15 is 0 Å². The van der Waals surface area contributed by atoms with Crippen molar-refractivity contribution in [1.82, 2.24) is 5.32 Å². The monoisotopic (exact) mass is 261 g/mol. The van der Waals surface area contributed by atoms with Crippen molar-refractivity contribution in [3.8, 4) is 0 Å². The van der Waals surface area contributed by atoms with E-state index in [9.17, 15) is 5.11 Å². The lowest BCUT2D eigenvalue weighted by Crippen LogP contribution is -2.29. The SMILES string of the molecule is CC(C)CC(O)CNC(C)c1cc2ccccc2o1. The van der Waals surface area contributed by atoms with Crippen molar-refractivity contribution in [1.29, 1.82) is 0 Å². The number of fused-ring (bicyclic) bond motifs is 1. The molecule has 2 atom stereocenters. The third kappa shape index (κ3) is 3.82. The van der Waals surface area contributed by atoms with E-state index in [0.29, 0.717) is 12.5 Å². The van der Waals surface area contributed by atoms with E-state index in [1.165, 1.54) is 0 Å². The van der Waals surface area contributed by atoms with Crippen LogP contribution in [0.1, 0.15) is 39.0 Å². The highest BCUT2D eigenvalue weighted by Gasteiger charge is 2.13. The molecule has 0 bridgehead atoms. The molecule has 0 radical (unpaired) electrons. The van der Waals surface area contributed by atoms with Crippen LogP contribution in [0.15, 0.2) is 34.7 Å². The molecular weight excluding hydrogens is 238 g/mol. The molecule has 0 amide bonds. The molecular formula is C16H23NO2. The van der Waals surface area contributed by atoms with Gasteiger partial charge in [0, 0.05) is 11.9 Å². The summed E-state index contributed by atoms with van der Waals surface area (Å²) in [5.74, 6) is 1.43. The van der Waals surface area contributed by atoms with E-state index < -0.39 is 0 Å². The Kier molecular flexibility index (Phi) is 4.61. The molecule has 1 aromatic heterocycles. The van der Waals surface area contributed by atoms with Gasteiger partial charge in [0.1, 0.15) is 11.3 Å². The molecule has 0 aliphatic heterocycles. The quantitative estimate of drug-likeness (QED) is 0.836. The second-order valence-electron chi connectivity index (χ2n) is 5.60. The molecule has 2 rings (SSSR count). The average Bonchev–Trinajstić information content (AvgIpc) is 2.78. The molecule has 3 nitrogen and oxygen atoms in total. The van der Waals surface area contributed by atoms with E-state index in [2.05, 4.69) is 32.2 Å². The second-order valence-corrected chi connectivity index (χ2v) is 5.60. The summed E-state index contributed by atoms with van der Waals surface area (Å²) < 4.78 is 5.80. The van der Waals surface area contributed by atoms with Gasteiger partial charge in [-0.05, 0) is 31.4 Å². The molecule has 0 saturated heterocycles. The highest BCUT2D eigenvalue weighted by molar-refractivity contribution is 5.77.